The van der Waals surface area contributed by atoms with Crippen molar-refractivity contribution in [1.82, 2.24) is 0 Å². The van der Waals surface area contributed by atoms with Crippen LogP contribution < -0.4 is 11.5 Å². The van der Waals surface area contributed by atoms with Gasteiger partial charge in [0.2, 0.25) is 0 Å². The van der Waals surface area contributed by atoms with Gasteiger partial charge in [0.1, 0.15) is 11.3 Å². The fraction of sp³-hybridized carbons (Fsp3) is 0.222. The van der Waals surface area contributed by atoms with Crippen LogP contribution in [0.4, 0.5) is 5.69 Å². The fourth-order valence-electron chi connectivity index (χ4n) is 0.990. The summed E-state index contributed by atoms with van der Waals surface area (Å²) in [5, 5.41) is 18.1. The highest BCUT2D eigenvalue weighted by Gasteiger charge is 2.30. The highest BCUT2D eigenvalue weighted by Crippen LogP contribution is 2.26. The van der Waals surface area contributed by atoms with Crippen molar-refractivity contribution in [3.63, 3.8) is 0 Å². The molecule has 0 aromatic heterocycles. The van der Waals surface area contributed by atoms with Crippen LogP contribution in [0, 0.1) is 0 Å². The van der Waals surface area contributed by atoms with E-state index in [0.717, 1.165) is 0 Å². The summed E-state index contributed by atoms with van der Waals surface area (Å²) in [5.41, 5.74) is 9.89. The van der Waals surface area contributed by atoms with E-state index in [2.05, 4.69) is 0 Å². The number of carbonyl (C=O) groups is 1. The molecule has 1 aromatic carbocycles. The van der Waals surface area contributed by atoms with Gasteiger partial charge in [-0.25, -0.2) is 4.79 Å². The van der Waals surface area contributed by atoms with Gasteiger partial charge >= 0.3 is 5.97 Å². The number of aromatic hydroxyl groups is 1. The van der Waals surface area contributed by atoms with Gasteiger partial charge in [-0.05, 0) is 24.6 Å². The van der Waals surface area contributed by atoms with Crippen LogP contribution >= 0.6 is 0 Å². The van der Waals surface area contributed by atoms with Gasteiger partial charge in [-0.15, -0.1) is 0 Å². The van der Waals surface area contributed by atoms with E-state index >= 15 is 0 Å². The molecule has 1 rings (SSSR count). The smallest absolute Gasteiger partial charge is 0.328 e. The van der Waals surface area contributed by atoms with Crippen LogP contribution in [-0.2, 0) is 10.3 Å². The normalized spacial score (nSPS) is 14.7. The molecule has 0 aliphatic carbocycles. The van der Waals surface area contributed by atoms with E-state index in [0.29, 0.717) is 5.56 Å². The zero-order valence-electron chi connectivity index (χ0n) is 7.69. The molecular formula is C9H12N2O3. The Bertz CT molecular complexity index is 374. The Hall–Kier alpha value is -1.75. The maximum atomic E-state index is 10.8. The summed E-state index contributed by atoms with van der Waals surface area (Å²) < 4.78 is 0. The van der Waals surface area contributed by atoms with Crippen LogP contribution in [0.3, 0.4) is 0 Å². The predicted molar refractivity (Wildman–Crippen MR) is 51.7 cm³/mol. The van der Waals surface area contributed by atoms with Crippen molar-refractivity contribution >= 4 is 11.7 Å². The molecular weight excluding hydrogens is 184 g/mol. The minimum atomic E-state index is -1.52. The minimum Gasteiger partial charge on any atom is -0.506 e. The lowest BCUT2D eigenvalue weighted by atomic mass is 9.93. The summed E-state index contributed by atoms with van der Waals surface area (Å²) in [6.45, 7) is 1.35. The number of nitrogens with two attached hydrogens (primary N) is 2. The lowest BCUT2D eigenvalue weighted by Crippen LogP contribution is -2.41. The number of carboxylic acids is 1. The van der Waals surface area contributed by atoms with Crippen LogP contribution in [0.5, 0.6) is 5.75 Å². The molecule has 0 bridgehead atoms. The molecule has 76 valence electrons. The summed E-state index contributed by atoms with van der Waals surface area (Å²) in [6.07, 6.45) is 0. The first-order valence-corrected chi connectivity index (χ1v) is 3.97. The third kappa shape index (κ3) is 1.62. The van der Waals surface area contributed by atoms with E-state index in [9.17, 15) is 9.90 Å². The molecule has 0 saturated heterocycles. The Labute approximate surface area is 81.0 Å². The van der Waals surface area contributed by atoms with Crippen molar-refractivity contribution in [2.24, 2.45) is 5.73 Å². The van der Waals surface area contributed by atoms with Crippen molar-refractivity contribution in [3.8, 4) is 5.75 Å². The van der Waals surface area contributed by atoms with Crippen molar-refractivity contribution < 1.29 is 15.0 Å². The lowest BCUT2D eigenvalue weighted by molar-refractivity contribution is -0.143. The molecule has 14 heavy (non-hydrogen) atoms. The first kappa shape index (κ1) is 10.3. The second kappa shape index (κ2) is 3.19. The van der Waals surface area contributed by atoms with Gasteiger partial charge in [0.25, 0.3) is 0 Å². The highest BCUT2D eigenvalue weighted by atomic mass is 16.4. The maximum absolute atomic E-state index is 10.8. The molecule has 0 fully saturated rings. The monoisotopic (exact) mass is 196 g/mol. The number of benzene rings is 1. The first-order valence-electron chi connectivity index (χ1n) is 3.97. The third-order valence-corrected chi connectivity index (χ3v) is 2.07. The number of rotatable bonds is 2. The average molecular weight is 196 g/mol. The third-order valence-electron chi connectivity index (χ3n) is 2.07. The Balaban J connectivity index is 3.21. The topological polar surface area (TPSA) is 110 Å². The number of phenols is 1. The number of anilines is 1. The maximum Gasteiger partial charge on any atom is 0.328 e. The Morgan fingerprint density at radius 3 is 2.50 bits per heavy atom. The van der Waals surface area contributed by atoms with Crippen molar-refractivity contribution in [2.45, 2.75) is 12.5 Å². The van der Waals surface area contributed by atoms with Gasteiger partial charge in [0, 0.05) is 0 Å². The van der Waals surface area contributed by atoms with Gasteiger partial charge < -0.3 is 21.7 Å². The fourth-order valence-corrected chi connectivity index (χ4v) is 0.990. The molecule has 1 aromatic rings. The minimum absolute atomic E-state index is 0.166. The summed E-state index contributed by atoms with van der Waals surface area (Å²) in [5.74, 6) is -1.33. The number of hydrogen-bond donors (Lipinski definition) is 4. The largest absolute Gasteiger partial charge is 0.506 e. The molecule has 1 unspecified atom stereocenters. The lowest BCUT2D eigenvalue weighted by Gasteiger charge is -2.19. The standard InChI is InChI=1S/C9H12N2O3/c1-9(11,8(13)14)5-2-3-6(10)7(12)4-5/h2-4,12H,10-11H2,1H3,(H,13,14). The van der Waals surface area contributed by atoms with Gasteiger partial charge in [-0.1, -0.05) is 6.07 Å². The molecule has 0 heterocycles. The molecule has 0 saturated carbocycles. The second-order valence-corrected chi connectivity index (χ2v) is 3.28. The predicted octanol–water partition coefficient (Wildman–Crippen LogP) is 0.233. The van der Waals surface area contributed by atoms with E-state index < -0.39 is 11.5 Å². The molecule has 0 amide bonds. The zero-order chi connectivity index (χ0) is 10.9. The molecule has 5 nitrogen and oxygen atoms in total. The van der Waals surface area contributed by atoms with Gasteiger partial charge in [0.15, 0.2) is 0 Å². The number of carboxylic acid groups (broad SMARTS) is 1. The molecule has 0 radical (unpaired) electrons. The molecule has 0 spiro atoms. The van der Waals surface area contributed by atoms with Crippen LogP contribution in [-0.4, -0.2) is 16.2 Å². The number of hydrogen-bond acceptors (Lipinski definition) is 4. The quantitative estimate of drug-likeness (QED) is 0.400. The summed E-state index contributed by atoms with van der Waals surface area (Å²) in [7, 11) is 0. The Morgan fingerprint density at radius 2 is 2.07 bits per heavy atom. The van der Waals surface area contributed by atoms with Gasteiger partial charge in [-0.3, -0.25) is 0 Å². The summed E-state index contributed by atoms with van der Waals surface area (Å²) >= 11 is 0. The average Bonchev–Trinajstić information content (AvgIpc) is 2.09. The van der Waals surface area contributed by atoms with Crippen molar-refractivity contribution in [3.05, 3.63) is 23.8 Å². The van der Waals surface area contributed by atoms with Gasteiger partial charge in [-0.2, -0.15) is 0 Å². The number of nitrogen functional groups attached to an aromatic ring is 1. The highest BCUT2D eigenvalue weighted by molar-refractivity contribution is 5.80. The van der Waals surface area contributed by atoms with E-state index in [1.807, 2.05) is 0 Å². The number of phenolic OH excluding ortho intramolecular Hbond substituents is 1. The van der Waals surface area contributed by atoms with Crippen LogP contribution in [0.25, 0.3) is 0 Å². The van der Waals surface area contributed by atoms with E-state index in [1.54, 1.807) is 0 Å². The second-order valence-electron chi connectivity index (χ2n) is 3.28. The molecule has 1 atom stereocenters. The van der Waals surface area contributed by atoms with E-state index in [1.165, 1.54) is 25.1 Å². The zero-order valence-corrected chi connectivity index (χ0v) is 7.69. The van der Waals surface area contributed by atoms with Crippen LogP contribution in [0.1, 0.15) is 12.5 Å². The van der Waals surface area contributed by atoms with Crippen molar-refractivity contribution in [1.29, 1.82) is 0 Å². The Morgan fingerprint density at radius 1 is 1.50 bits per heavy atom. The molecule has 6 N–H and O–H groups in total. The Kier molecular flexibility index (Phi) is 2.35. The molecule has 0 aliphatic rings. The SMILES string of the molecule is CC(N)(C(=O)O)c1ccc(N)c(O)c1. The van der Waals surface area contributed by atoms with Gasteiger partial charge in [0.05, 0.1) is 5.69 Å². The summed E-state index contributed by atoms with van der Waals surface area (Å²) in [6, 6.07) is 4.14. The van der Waals surface area contributed by atoms with E-state index in [4.69, 9.17) is 16.6 Å². The van der Waals surface area contributed by atoms with Crippen LogP contribution in [0.2, 0.25) is 0 Å². The molecule has 0 aliphatic heterocycles. The summed E-state index contributed by atoms with van der Waals surface area (Å²) in [4.78, 5) is 10.8. The van der Waals surface area contributed by atoms with Crippen LogP contribution in [0.15, 0.2) is 18.2 Å². The number of aliphatic carboxylic acids is 1. The molecule has 5 heteroatoms. The van der Waals surface area contributed by atoms with Crippen molar-refractivity contribution in [2.75, 3.05) is 5.73 Å². The first-order chi connectivity index (χ1) is 6.35. The van der Waals surface area contributed by atoms with E-state index in [-0.39, 0.29) is 11.4 Å².